The van der Waals surface area contributed by atoms with E-state index in [1.807, 2.05) is 18.9 Å². The Morgan fingerprint density at radius 2 is 2.29 bits per heavy atom. The van der Waals surface area contributed by atoms with Crippen molar-refractivity contribution in [3.05, 3.63) is 12.1 Å². The van der Waals surface area contributed by atoms with E-state index in [4.69, 9.17) is 11.0 Å². The van der Waals surface area contributed by atoms with Gasteiger partial charge in [-0.3, -0.25) is 0 Å². The monoisotopic (exact) mass is 191 g/mol. The number of anilines is 2. The molecule has 2 N–H and O–H groups in total. The van der Waals surface area contributed by atoms with Crippen LogP contribution in [0.3, 0.4) is 0 Å². The lowest BCUT2D eigenvalue weighted by molar-refractivity contribution is 0.688. The van der Waals surface area contributed by atoms with Crippen LogP contribution >= 0.6 is 0 Å². The summed E-state index contributed by atoms with van der Waals surface area (Å²) in [5, 5.41) is 16.2. The molecule has 74 valence electrons. The minimum Gasteiger partial charge on any atom is -0.382 e. The molecular weight excluding hydrogens is 178 g/mol. The van der Waals surface area contributed by atoms with E-state index in [9.17, 15) is 0 Å². The van der Waals surface area contributed by atoms with Gasteiger partial charge in [-0.15, -0.1) is 10.2 Å². The third-order valence-corrected chi connectivity index (χ3v) is 2.08. The lowest BCUT2D eigenvalue weighted by atomic mass is 10.2. The first-order valence-electron chi connectivity index (χ1n) is 4.34. The zero-order chi connectivity index (χ0) is 10.6. The maximum Gasteiger partial charge on any atom is 0.151 e. The molecule has 0 bridgehead atoms. The van der Waals surface area contributed by atoms with Crippen molar-refractivity contribution in [3.8, 4) is 6.07 Å². The van der Waals surface area contributed by atoms with Crippen LogP contribution in [0.2, 0.25) is 0 Å². The smallest absolute Gasteiger partial charge is 0.151 e. The fourth-order valence-electron chi connectivity index (χ4n) is 1.02. The zero-order valence-corrected chi connectivity index (χ0v) is 8.31. The van der Waals surface area contributed by atoms with Gasteiger partial charge in [0.1, 0.15) is 5.82 Å². The lowest BCUT2D eigenvalue weighted by Crippen LogP contribution is -2.29. The van der Waals surface area contributed by atoms with Gasteiger partial charge in [-0.1, -0.05) is 0 Å². The van der Waals surface area contributed by atoms with Crippen molar-refractivity contribution < 1.29 is 0 Å². The zero-order valence-electron chi connectivity index (χ0n) is 8.31. The Hall–Kier alpha value is -1.83. The molecule has 0 saturated carbocycles. The molecule has 0 amide bonds. The molecular formula is C9H13N5. The van der Waals surface area contributed by atoms with Crippen LogP contribution in [-0.4, -0.2) is 23.3 Å². The quantitative estimate of drug-likeness (QED) is 0.764. The Morgan fingerprint density at radius 3 is 2.79 bits per heavy atom. The SMILES string of the molecule is CC(CC#N)N(C)c1ccc(N)nn1. The molecule has 5 nitrogen and oxygen atoms in total. The molecule has 0 fully saturated rings. The van der Waals surface area contributed by atoms with Crippen molar-refractivity contribution in [1.29, 1.82) is 5.26 Å². The first kappa shape index (κ1) is 10.3. The van der Waals surface area contributed by atoms with Gasteiger partial charge in [0.25, 0.3) is 0 Å². The van der Waals surface area contributed by atoms with Crippen LogP contribution in [-0.2, 0) is 0 Å². The van der Waals surface area contributed by atoms with Crippen LogP contribution in [0, 0.1) is 11.3 Å². The van der Waals surface area contributed by atoms with E-state index in [2.05, 4.69) is 16.3 Å². The minimum atomic E-state index is 0.123. The van der Waals surface area contributed by atoms with E-state index in [0.717, 1.165) is 5.82 Å². The molecule has 0 saturated heterocycles. The summed E-state index contributed by atoms with van der Waals surface area (Å²) in [5.74, 6) is 1.12. The van der Waals surface area contributed by atoms with Gasteiger partial charge in [-0.05, 0) is 19.1 Å². The first-order valence-corrected chi connectivity index (χ1v) is 4.34. The number of nitrogen functional groups attached to an aromatic ring is 1. The van der Waals surface area contributed by atoms with E-state index in [1.165, 1.54) is 0 Å². The fourth-order valence-corrected chi connectivity index (χ4v) is 1.02. The summed E-state index contributed by atoms with van der Waals surface area (Å²) < 4.78 is 0. The van der Waals surface area contributed by atoms with Crippen LogP contribution in [0.25, 0.3) is 0 Å². The third kappa shape index (κ3) is 2.33. The second-order valence-corrected chi connectivity index (χ2v) is 3.14. The number of hydrogen-bond acceptors (Lipinski definition) is 5. The second-order valence-electron chi connectivity index (χ2n) is 3.14. The standard InChI is InChI=1S/C9H13N5/c1-7(5-6-10)14(2)9-4-3-8(11)12-13-9/h3-4,7H,5H2,1-2H3,(H2,11,12). The Kier molecular flexibility index (Phi) is 3.24. The van der Waals surface area contributed by atoms with Gasteiger partial charge in [0.2, 0.25) is 0 Å². The highest BCUT2D eigenvalue weighted by Gasteiger charge is 2.10. The Bertz CT molecular complexity index is 326. The van der Waals surface area contributed by atoms with Crippen molar-refractivity contribution in [2.45, 2.75) is 19.4 Å². The van der Waals surface area contributed by atoms with E-state index in [1.54, 1.807) is 12.1 Å². The number of nitrogens with two attached hydrogens (primary N) is 1. The highest BCUT2D eigenvalue weighted by molar-refractivity contribution is 5.41. The molecule has 5 heteroatoms. The first-order chi connectivity index (χ1) is 6.65. The van der Waals surface area contributed by atoms with Crippen LogP contribution in [0.1, 0.15) is 13.3 Å². The number of nitriles is 1. The van der Waals surface area contributed by atoms with Crippen molar-refractivity contribution in [1.82, 2.24) is 10.2 Å². The van der Waals surface area contributed by atoms with Crippen molar-refractivity contribution in [2.75, 3.05) is 17.7 Å². The van der Waals surface area contributed by atoms with Gasteiger partial charge in [0.05, 0.1) is 12.5 Å². The average Bonchev–Trinajstić information content (AvgIpc) is 2.18. The molecule has 0 spiro atoms. The highest BCUT2D eigenvalue weighted by Crippen LogP contribution is 2.12. The molecule has 1 aromatic heterocycles. The minimum absolute atomic E-state index is 0.123. The predicted molar refractivity (Wildman–Crippen MR) is 54.5 cm³/mol. The summed E-state index contributed by atoms with van der Waals surface area (Å²) in [4.78, 5) is 1.90. The normalized spacial score (nSPS) is 11.8. The van der Waals surface area contributed by atoms with Crippen molar-refractivity contribution in [3.63, 3.8) is 0 Å². The molecule has 0 aliphatic carbocycles. The van der Waals surface area contributed by atoms with Crippen molar-refractivity contribution in [2.24, 2.45) is 0 Å². The van der Waals surface area contributed by atoms with Crippen LogP contribution < -0.4 is 10.6 Å². The summed E-state index contributed by atoms with van der Waals surface area (Å²) in [7, 11) is 1.88. The van der Waals surface area contributed by atoms with Gasteiger partial charge in [0.15, 0.2) is 5.82 Å². The summed E-state index contributed by atoms with van der Waals surface area (Å²) in [6, 6.07) is 5.72. The summed E-state index contributed by atoms with van der Waals surface area (Å²) in [6.45, 7) is 1.96. The van der Waals surface area contributed by atoms with E-state index >= 15 is 0 Å². The van der Waals surface area contributed by atoms with Crippen LogP contribution in [0.15, 0.2) is 12.1 Å². The number of hydrogen-bond donors (Lipinski definition) is 1. The highest BCUT2D eigenvalue weighted by atomic mass is 15.3. The molecule has 1 aromatic rings. The molecule has 14 heavy (non-hydrogen) atoms. The fraction of sp³-hybridized carbons (Fsp3) is 0.444. The molecule has 0 aliphatic rings. The number of rotatable bonds is 3. The van der Waals surface area contributed by atoms with Crippen molar-refractivity contribution >= 4 is 11.6 Å². The lowest BCUT2D eigenvalue weighted by Gasteiger charge is -2.23. The predicted octanol–water partition coefficient (Wildman–Crippen LogP) is 0.797. The number of aromatic nitrogens is 2. The molecule has 1 atom stereocenters. The summed E-state index contributed by atoms with van der Waals surface area (Å²) in [6.07, 6.45) is 0.461. The van der Waals surface area contributed by atoms with Gasteiger partial charge in [0, 0.05) is 13.1 Å². The van der Waals surface area contributed by atoms with Crippen LogP contribution in [0.5, 0.6) is 0 Å². The van der Waals surface area contributed by atoms with E-state index in [0.29, 0.717) is 12.2 Å². The topological polar surface area (TPSA) is 78.8 Å². The third-order valence-electron chi connectivity index (χ3n) is 2.08. The summed E-state index contributed by atoms with van der Waals surface area (Å²) >= 11 is 0. The Balaban J connectivity index is 2.74. The van der Waals surface area contributed by atoms with Gasteiger partial charge < -0.3 is 10.6 Å². The molecule has 0 aliphatic heterocycles. The second kappa shape index (κ2) is 4.42. The Labute approximate surface area is 83.2 Å². The molecule has 1 rings (SSSR count). The maximum absolute atomic E-state index is 8.54. The van der Waals surface area contributed by atoms with Gasteiger partial charge in [-0.25, -0.2) is 0 Å². The van der Waals surface area contributed by atoms with Crippen LogP contribution in [0.4, 0.5) is 11.6 Å². The maximum atomic E-state index is 8.54. The average molecular weight is 191 g/mol. The van der Waals surface area contributed by atoms with E-state index < -0.39 is 0 Å². The molecule has 1 unspecified atom stereocenters. The molecule has 0 aromatic carbocycles. The largest absolute Gasteiger partial charge is 0.382 e. The summed E-state index contributed by atoms with van der Waals surface area (Å²) in [5.41, 5.74) is 5.42. The van der Waals surface area contributed by atoms with E-state index in [-0.39, 0.29) is 6.04 Å². The van der Waals surface area contributed by atoms with Gasteiger partial charge >= 0.3 is 0 Å². The van der Waals surface area contributed by atoms with Gasteiger partial charge in [-0.2, -0.15) is 5.26 Å². The Morgan fingerprint density at radius 1 is 1.57 bits per heavy atom. The molecule has 0 radical (unpaired) electrons. The number of nitrogens with zero attached hydrogens (tertiary/aromatic N) is 4. The molecule has 1 heterocycles.